The number of benzene rings is 1. The Kier molecular flexibility index (Phi) is 7.64. The molecule has 0 atom stereocenters. The maximum Gasteiger partial charge on any atom is 0.244 e. The lowest BCUT2D eigenvalue weighted by molar-refractivity contribution is 0.0577. The van der Waals surface area contributed by atoms with Gasteiger partial charge in [-0.05, 0) is 38.1 Å². The van der Waals surface area contributed by atoms with E-state index in [1.807, 2.05) is 0 Å². The molecule has 1 aromatic carbocycles. The Balaban J connectivity index is 2.10. The number of ether oxygens (including phenoxy) is 3. The zero-order valence-corrected chi connectivity index (χ0v) is 15.7. The van der Waals surface area contributed by atoms with E-state index in [4.69, 9.17) is 14.2 Å². The fourth-order valence-corrected chi connectivity index (χ4v) is 4.29. The van der Waals surface area contributed by atoms with Gasteiger partial charge in [0.25, 0.3) is 0 Å². The highest BCUT2D eigenvalue weighted by Gasteiger charge is 2.34. The summed E-state index contributed by atoms with van der Waals surface area (Å²) >= 11 is 0. The molecular weight excluding hydrogens is 344 g/mol. The summed E-state index contributed by atoms with van der Waals surface area (Å²) in [5.74, 6) is 0.332. The van der Waals surface area contributed by atoms with Crippen LogP contribution < -0.4 is 14.8 Å². The monoisotopic (exact) mass is 372 g/mol. The smallest absolute Gasteiger partial charge is 0.244 e. The lowest BCUT2D eigenvalue weighted by atomic mass is 9.80. The summed E-state index contributed by atoms with van der Waals surface area (Å²) in [6.07, 6.45) is 1.74. The summed E-state index contributed by atoms with van der Waals surface area (Å²) in [6.45, 7) is 3.29. The second kappa shape index (κ2) is 9.49. The van der Waals surface area contributed by atoms with Gasteiger partial charge in [-0.15, -0.1) is 0 Å². The first-order chi connectivity index (χ1) is 12.0. The number of methoxy groups -OCH3 is 2. The molecule has 142 valence electrons. The minimum Gasteiger partial charge on any atom is -0.490 e. The number of rotatable bonds is 10. The molecule has 0 saturated carbocycles. The number of hydrogen-bond donors (Lipinski definition) is 2. The van der Waals surface area contributed by atoms with Gasteiger partial charge in [0.2, 0.25) is 10.0 Å². The minimum absolute atomic E-state index is 0.146. The van der Waals surface area contributed by atoms with Gasteiger partial charge in [0.05, 0.1) is 13.2 Å². The van der Waals surface area contributed by atoms with Gasteiger partial charge in [-0.25, -0.2) is 13.1 Å². The van der Waals surface area contributed by atoms with E-state index in [-0.39, 0.29) is 10.3 Å². The Bertz CT molecular complexity index is 624. The van der Waals surface area contributed by atoms with Gasteiger partial charge in [0.1, 0.15) is 17.3 Å². The predicted octanol–water partition coefficient (Wildman–Crippen LogP) is 1.01. The van der Waals surface area contributed by atoms with Crippen molar-refractivity contribution < 1.29 is 22.6 Å². The normalized spacial score (nSPS) is 17.4. The van der Waals surface area contributed by atoms with Gasteiger partial charge < -0.3 is 19.5 Å². The van der Waals surface area contributed by atoms with Gasteiger partial charge in [-0.1, -0.05) is 12.1 Å². The summed E-state index contributed by atoms with van der Waals surface area (Å²) in [5, 5.41) is 3.30. The lowest BCUT2D eigenvalue weighted by Gasteiger charge is -2.37. The van der Waals surface area contributed by atoms with Crippen molar-refractivity contribution in [1.29, 1.82) is 0 Å². The molecule has 1 fully saturated rings. The van der Waals surface area contributed by atoms with E-state index in [0.29, 0.717) is 32.1 Å². The molecule has 1 aliphatic heterocycles. The molecule has 1 heterocycles. The van der Waals surface area contributed by atoms with Gasteiger partial charge in [0, 0.05) is 26.2 Å². The molecule has 2 rings (SSSR count). The Hall–Kier alpha value is -1.19. The molecule has 1 aromatic rings. The second-order valence-electron chi connectivity index (χ2n) is 6.30. The number of sulfonamides is 1. The summed E-state index contributed by atoms with van der Waals surface area (Å²) in [4.78, 5) is 0.146. The number of hydrogen-bond acceptors (Lipinski definition) is 6. The van der Waals surface area contributed by atoms with Gasteiger partial charge >= 0.3 is 0 Å². The molecule has 0 aliphatic carbocycles. The van der Waals surface area contributed by atoms with Crippen LogP contribution in [-0.2, 0) is 19.5 Å². The van der Waals surface area contributed by atoms with Crippen molar-refractivity contribution in [3.63, 3.8) is 0 Å². The molecule has 0 unspecified atom stereocenters. The van der Waals surface area contributed by atoms with Crippen molar-refractivity contribution in [2.45, 2.75) is 17.7 Å². The predicted molar refractivity (Wildman–Crippen MR) is 95.4 cm³/mol. The Morgan fingerprint density at radius 3 is 2.52 bits per heavy atom. The summed E-state index contributed by atoms with van der Waals surface area (Å²) in [5.41, 5.74) is -0.182. The van der Waals surface area contributed by atoms with Crippen LogP contribution >= 0.6 is 0 Å². The molecule has 2 N–H and O–H groups in total. The third-order valence-electron chi connectivity index (χ3n) is 4.44. The van der Waals surface area contributed by atoms with Crippen molar-refractivity contribution in [3.8, 4) is 5.75 Å². The van der Waals surface area contributed by atoms with Gasteiger partial charge in [0.15, 0.2) is 0 Å². The first-order valence-corrected chi connectivity index (χ1v) is 9.91. The Labute approximate surface area is 150 Å². The van der Waals surface area contributed by atoms with E-state index in [1.54, 1.807) is 38.5 Å². The van der Waals surface area contributed by atoms with Crippen LogP contribution in [0.3, 0.4) is 0 Å². The number of piperidine rings is 1. The lowest BCUT2D eigenvalue weighted by Crippen LogP contribution is -2.47. The Morgan fingerprint density at radius 2 is 1.84 bits per heavy atom. The van der Waals surface area contributed by atoms with Crippen molar-refractivity contribution in [2.24, 2.45) is 5.41 Å². The highest BCUT2D eigenvalue weighted by atomic mass is 32.2. The second-order valence-corrected chi connectivity index (χ2v) is 8.03. The van der Waals surface area contributed by atoms with Crippen LogP contribution in [0.2, 0.25) is 0 Å². The first-order valence-electron chi connectivity index (χ1n) is 8.43. The van der Waals surface area contributed by atoms with Crippen molar-refractivity contribution >= 4 is 10.0 Å². The molecule has 0 amide bonds. The molecule has 1 saturated heterocycles. The fraction of sp³-hybridized carbons (Fsp3) is 0.647. The maximum atomic E-state index is 12.8. The van der Waals surface area contributed by atoms with E-state index in [0.717, 1.165) is 25.9 Å². The SMILES string of the molecule is COCCOc1ccccc1S(=O)(=O)NCC1(COC)CCNCC1. The zero-order valence-electron chi connectivity index (χ0n) is 14.9. The number of nitrogens with one attached hydrogen (secondary N) is 2. The van der Waals surface area contributed by atoms with Crippen LogP contribution in [0.5, 0.6) is 5.75 Å². The Morgan fingerprint density at radius 1 is 1.12 bits per heavy atom. The third-order valence-corrected chi connectivity index (χ3v) is 5.88. The topological polar surface area (TPSA) is 85.9 Å². The number of para-hydroxylation sites is 1. The minimum atomic E-state index is -3.68. The summed E-state index contributed by atoms with van der Waals surface area (Å²) in [6, 6.07) is 6.64. The molecule has 0 aromatic heterocycles. The average molecular weight is 372 g/mol. The largest absolute Gasteiger partial charge is 0.490 e. The first kappa shape index (κ1) is 20.1. The summed E-state index contributed by atoms with van der Waals surface area (Å²) < 4.78 is 44.2. The van der Waals surface area contributed by atoms with Crippen LogP contribution in [-0.4, -0.2) is 62.1 Å². The standard InChI is InChI=1S/C17H28N2O5S/c1-22-11-12-24-15-5-3-4-6-16(15)25(20,21)19-13-17(14-23-2)7-9-18-10-8-17/h3-6,18-19H,7-14H2,1-2H3. The van der Waals surface area contributed by atoms with Crippen LogP contribution in [0, 0.1) is 5.41 Å². The molecular formula is C17H28N2O5S. The molecule has 0 bridgehead atoms. The van der Waals surface area contributed by atoms with E-state index < -0.39 is 10.0 Å². The molecule has 7 nitrogen and oxygen atoms in total. The van der Waals surface area contributed by atoms with Crippen molar-refractivity contribution in [1.82, 2.24) is 10.0 Å². The van der Waals surface area contributed by atoms with Crippen LogP contribution in [0.15, 0.2) is 29.2 Å². The highest BCUT2D eigenvalue weighted by molar-refractivity contribution is 7.89. The van der Waals surface area contributed by atoms with E-state index in [1.165, 1.54) is 0 Å². The quantitative estimate of drug-likeness (QED) is 0.596. The van der Waals surface area contributed by atoms with Crippen molar-refractivity contribution in [2.75, 3.05) is 53.7 Å². The molecule has 0 radical (unpaired) electrons. The molecule has 8 heteroatoms. The summed E-state index contributed by atoms with van der Waals surface area (Å²) in [7, 11) is -0.454. The fourth-order valence-electron chi connectivity index (χ4n) is 2.99. The zero-order chi connectivity index (χ0) is 18.2. The molecule has 0 spiro atoms. The van der Waals surface area contributed by atoms with Crippen LogP contribution in [0.4, 0.5) is 0 Å². The van der Waals surface area contributed by atoms with Gasteiger partial charge in [-0.3, -0.25) is 0 Å². The van der Waals surface area contributed by atoms with E-state index >= 15 is 0 Å². The van der Waals surface area contributed by atoms with E-state index in [2.05, 4.69) is 10.0 Å². The highest BCUT2D eigenvalue weighted by Crippen LogP contribution is 2.30. The maximum absolute atomic E-state index is 12.8. The van der Waals surface area contributed by atoms with Crippen LogP contribution in [0.25, 0.3) is 0 Å². The molecule has 25 heavy (non-hydrogen) atoms. The van der Waals surface area contributed by atoms with Crippen molar-refractivity contribution in [3.05, 3.63) is 24.3 Å². The van der Waals surface area contributed by atoms with E-state index in [9.17, 15) is 8.42 Å². The van der Waals surface area contributed by atoms with Gasteiger partial charge in [-0.2, -0.15) is 0 Å². The third kappa shape index (κ3) is 5.65. The molecule has 1 aliphatic rings. The average Bonchev–Trinajstić information content (AvgIpc) is 2.62. The van der Waals surface area contributed by atoms with Crippen LogP contribution in [0.1, 0.15) is 12.8 Å².